The zero-order valence-electron chi connectivity index (χ0n) is 7.66. The number of ketones is 1. The molecule has 0 fully saturated rings. The number of allylic oxidation sites excluding steroid dienone is 2. The molecule has 0 aliphatic carbocycles. The van der Waals surface area contributed by atoms with Crippen molar-refractivity contribution in [3.05, 3.63) is 11.6 Å². The van der Waals surface area contributed by atoms with Crippen LogP contribution in [0.5, 0.6) is 0 Å². The molecule has 0 saturated carbocycles. The van der Waals surface area contributed by atoms with Crippen molar-refractivity contribution < 1.29 is 4.79 Å². The molecule has 0 rings (SSSR count). The van der Waals surface area contributed by atoms with Crippen LogP contribution in [0.25, 0.3) is 0 Å². The molecule has 0 aromatic heterocycles. The Bertz CT molecular complexity index is 193. The molecule has 12 heavy (non-hydrogen) atoms. The lowest BCUT2D eigenvalue weighted by molar-refractivity contribution is -0.112. The van der Waals surface area contributed by atoms with E-state index in [9.17, 15) is 4.79 Å². The Labute approximate surface area is 90.9 Å². The molecule has 3 heteroatoms. The molecule has 0 amide bonds. The molecular weight excluding hydrogens is 284 g/mol. The molecule has 0 aromatic rings. The van der Waals surface area contributed by atoms with Gasteiger partial charge in [-0.05, 0) is 26.3 Å². The van der Waals surface area contributed by atoms with Crippen LogP contribution in [0.3, 0.4) is 0 Å². The lowest BCUT2D eigenvalue weighted by Crippen LogP contribution is -2.23. The summed E-state index contributed by atoms with van der Waals surface area (Å²) in [5, 5.41) is 0.826. The Hall–Kier alpha value is 0.370. The first-order valence-corrected chi connectivity index (χ1v) is 5.82. The van der Waals surface area contributed by atoms with Crippen LogP contribution in [0, 0.1) is 0 Å². The fraction of sp³-hybridized carbons (Fsp3) is 0.667. The minimum absolute atomic E-state index is 0.0569. The fourth-order valence-electron chi connectivity index (χ4n) is 0.913. The Morgan fingerprint density at radius 1 is 1.50 bits per heavy atom. The first-order valence-electron chi connectivity index (χ1n) is 3.90. The Balaban J connectivity index is 4.63. The maximum absolute atomic E-state index is 10.8. The largest absolute Gasteiger partial charge is 0.295 e. The summed E-state index contributed by atoms with van der Waals surface area (Å²) in [7, 11) is 0. The van der Waals surface area contributed by atoms with Gasteiger partial charge in [0, 0.05) is 5.33 Å². The van der Waals surface area contributed by atoms with Crippen LogP contribution in [0.15, 0.2) is 11.6 Å². The number of rotatable bonds is 4. The van der Waals surface area contributed by atoms with Crippen molar-refractivity contribution in [2.75, 3.05) is 5.33 Å². The number of carbonyl (C=O) groups excluding carboxylic acids is 1. The molecule has 0 radical (unpaired) electrons. The van der Waals surface area contributed by atoms with Crippen LogP contribution in [0.2, 0.25) is 0 Å². The van der Waals surface area contributed by atoms with Gasteiger partial charge in [0.05, 0.1) is 4.32 Å². The Morgan fingerprint density at radius 3 is 2.25 bits per heavy atom. The SMILES string of the molecule is CCC(Br)(CBr)/C(C)=C/C(C)=O. The second kappa shape index (κ2) is 5.18. The van der Waals surface area contributed by atoms with Gasteiger partial charge in [-0.3, -0.25) is 4.79 Å². The summed E-state index contributed by atoms with van der Waals surface area (Å²) in [5.41, 5.74) is 1.08. The number of hydrogen-bond donors (Lipinski definition) is 0. The third kappa shape index (κ3) is 3.40. The summed E-state index contributed by atoms with van der Waals surface area (Å²) in [6.45, 7) is 5.63. The molecule has 0 heterocycles. The highest BCUT2D eigenvalue weighted by Crippen LogP contribution is 2.32. The topological polar surface area (TPSA) is 17.1 Å². The van der Waals surface area contributed by atoms with Gasteiger partial charge < -0.3 is 0 Å². The normalized spacial score (nSPS) is 17.2. The van der Waals surface area contributed by atoms with Crippen LogP contribution < -0.4 is 0 Å². The predicted octanol–water partition coefficient (Wildman–Crippen LogP) is 3.46. The zero-order chi connectivity index (χ0) is 9.78. The Morgan fingerprint density at radius 2 is 2.00 bits per heavy atom. The lowest BCUT2D eigenvalue weighted by atomic mass is 9.99. The van der Waals surface area contributed by atoms with Gasteiger partial charge in [0.15, 0.2) is 5.78 Å². The summed E-state index contributed by atoms with van der Waals surface area (Å²) in [6.07, 6.45) is 2.65. The van der Waals surface area contributed by atoms with Crippen LogP contribution in [-0.4, -0.2) is 15.4 Å². The van der Waals surface area contributed by atoms with Gasteiger partial charge in [-0.15, -0.1) is 0 Å². The molecule has 1 nitrogen and oxygen atoms in total. The van der Waals surface area contributed by atoms with E-state index in [-0.39, 0.29) is 10.1 Å². The van der Waals surface area contributed by atoms with Gasteiger partial charge in [0.1, 0.15) is 0 Å². The van der Waals surface area contributed by atoms with Crippen molar-refractivity contribution in [1.29, 1.82) is 0 Å². The first-order chi connectivity index (χ1) is 5.46. The highest BCUT2D eigenvalue weighted by molar-refractivity contribution is 9.12. The quantitative estimate of drug-likeness (QED) is 0.574. The highest BCUT2D eigenvalue weighted by atomic mass is 79.9. The van der Waals surface area contributed by atoms with E-state index in [1.807, 2.05) is 6.92 Å². The minimum atomic E-state index is -0.0569. The molecule has 0 spiro atoms. The fourth-order valence-corrected chi connectivity index (χ4v) is 1.87. The number of carbonyl (C=O) groups is 1. The van der Waals surface area contributed by atoms with E-state index in [1.54, 1.807) is 13.0 Å². The molecular formula is C9H14Br2O. The van der Waals surface area contributed by atoms with Crippen molar-refractivity contribution in [1.82, 2.24) is 0 Å². The van der Waals surface area contributed by atoms with E-state index in [0.29, 0.717) is 0 Å². The number of hydrogen-bond acceptors (Lipinski definition) is 1. The molecule has 0 N–H and O–H groups in total. The van der Waals surface area contributed by atoms with E-state index >= 15 is 0 Å². The molecule has 1 atom stereocenters. The van der Waals surface area contributed by atoms with Crippen LogP contribution in [-0.2, 0) is 4.79 Å². The third-order valence-corrected chi connectivity index (χ3v) is 5.07. The average molecular weight is 298 g/mol. The summed E-state index contributed by atoms with van der Waals surface area (Å²) in [5.74, 6) is 0.103. The van der Waals surface area contributed by atoms with Crippen molar-refractivity contribution in [3.8, 4) is 0 Å². The molecule has 0 saturated heterocycles. The van der Waals surface area contributed by atoms with Gasteiger partial charge in [-0.1, -0.05) is 44.4 Å². The maximum atomic E-state index is 10.8. The van der Waals surface area contributed by atoms with Gasteiger partial charge in [0.2, 0.25) is 0 Å². The minimum Gasteiger partial charge on any atom is -0.295 e. The maximum Gasteiger partial charge on any atom is 0.152 e. The van der Waals surface area contributed by atoms with Crippen molar-refractivity contribution in [2.24, 2.45) is 0 Å². The predicted molar refractivity (Wildman–Crippen MR) is 60.2 cm³/mol. The Kier molecular flexibility index (Phi) is 5.34. The first kappa shape index (κ1) is 12.4. The average Bonchev–Trinajstić information content (AvgIpc) is 2.02. The summed E-state index contributed by atoms with van der Waals surface area (Å²) in [6, 6.07) is 0. The standard InChI is InChI=1S/C9H14Br2O/c1-4-9(11,6-10)7(2)5-8(3)12/h5H,4,6H2,1-3H3/b7-5+. The second-order valence-electron chi connectivity index (χ2n) is 2.89. The van der Waals surface area contributed by atoms with Crippen LogP contribution in [0.1, 0.15) is 27.2 Å². The molecule has 1 unspecified atom stereocenters. The van der Waals surface area contributed by atoms with Gasteiger partial charge >= 0.3 is 0 Å². The van der Waals surface area contributed by atoms with Crippen molar-refractivity contribution in [2.45, 2.75) is 31.5 Å². The van der Waals surface area contributed by atoms with Gasteiger partial charge in [-0.2, -0.15) is 0 Å². The summed E-state index contributed by atoms with van der Waals surface area (Å²) >= 11 is 7.03. The lowest BCUT2D eigenvalue weighted by Gasteiger charge is -2.24. The zero-order valence-corrected chi connectivity index (χ0v) is 10.8. The number of alkyl halides is 2. The highest BCUT2D eigenvalue weighted by Gasteiger charge is 2.25. The summed E-state index contributed by atoms with van der Waals surface area (Å²) in [4.78, 5) is 10.8. The van der Waals surface area contributed by atoms with Crippen molar-refractivity contribution in [3.63, 3.8) is 0 Å². The van der Waals surface area contributed by atoms with E-state index in [1.165, 1.54) is 0 Å². The molecule has 0 aliphatic rings. The van der Waals surface area contributed by atoms with Crippen molar-refractivity contribution >= 4 is 37.6 Å². The third-order valence-electron chi connectivity index (χ3n) is 1.90. The van der Waals surface area contributed by atoms with Crippen LogP contribution >= 0.6 is 31.9 Å². The molecule has 0 aromatic carbocycles. The van der Waals surface area contributed by atoms with Gasteiger partial charge in [-0.25, -0.2) is 0 Å². The monoisotopic (exact) mass is 296 g/mol. The second-order valence-corrected chi connectivity index (χ2v) is 4.97. The van der Waals surface area contributed by atoms with E-state index < -0.39 is 0 Å². The van der Waals surface area contributed by atoms with Crippen LogP contribution in [0.4, 0.5) is 0 Å². The molecule has 0 aliphatic heterocycles. The number of halogens is 2. The van der Waals surface area contributed by atoms with E-state index in [0.717, 1.165) is 17.3 Å². The smallest absolute Gasteiger partial charge is 0.152 e. The van der Waals surface area contributed by atoms with E-state index in [4.69, 9.17) is 0 Å². The van der Waals surface area contributed by atoms with E-state index in [2.05, 4.69) is 38.8 Å². The molecule has 70 valence electrons. The molecule has 0 bridgehead atoms. The summed E-state index contributed by atoms with van der Waals surface area (Å²) < 4.78 is -0.0569. The van der Waals surface area contributed by atoms with Gasteiger partial charge in [0.25, 0.3) is 0 Å².